The van der Waals surface area contributed by atoms with Crippen molar-refractivity contribution >= 4 is 29.0 Å². The third kappa shape index (κ3) is 3.83. The van der Waals surface area contributed by atoms with Gasteiger partial charge in [0.1, 0.15) is 5.75 Å². The fraction of sp³-hybridized carbons (Fsp3) is 0.100. The van der Waals surface area contributed by atoms with Crippen LogP contribution in [0.4, 0.5) is 0 Å². The predicted molar refractivity (Wildman–Crippen MR) is 93.0 cm³/mol. The van der Waals surface area contributed by atoms with Crippen molar-refractivity contribution in [3.05, 3.63) is 71.9 Å². The topological polar surface area (TPSA) is 39.2 Å². The zero-order valence-electron chi connectivity index (χ0n) is 12.9. The number of carbonyl (C=O) groups excluding carboxylic acids is 1. The molecule has 2 aromatic carbocycles. The average molecular weight is 303 g/mol. The molecule has 0 saturated carbocycles. The summed E-state index contributed by atoms with van der Waals surface area (Å²) in [6, 6.07) is 19.5. The van der Waals surface area contributed by atoms with Crippen molar-refractivity contribution in [3.63, 3.8) is 0 Å². The molecular weight excluding hydrogens is 286 g/mol. The molecule has 0 aliphatic heterocycles. The Balaban J connectivity index is 1.74. The molecule has 0 spiro atoms. The lowest BCUT2D eigenvalue weighted by Gasteiger charge is -2.02. The number of carbonyl (C=O) groups is 1. The van der Waals surface area contributed by atoms with E-state index in [1.165, 1.54) is 0 Å². The minimum absolute atomic E-state index is 0.228. The molecule has 23 heavy (non-hydrogen) atoms. The second-order valence-electron chi connectivity index (χ2n) is 5.16. The van der Waals surface area contributed by atoms with Crippen molar-refractivity contribution in [2.24, 2.45) is 0 Å². The van der Waals surface area contributed by atoms with Crippen LogP contribution in [0.1, 0.15) is 24.6 Å². The van der Waals surface area contributed by atoms with Crippen molar-refractivity contribution in [1.29, 1.82) is 0 Å². The summed E-state index contributed by atoms with van der Waals surface area (Å²) < 4.78 is 5.15. The summed E-state index contributed by atoms with van der Waals surface area (Å²) in [5.41, 5.74) is 2.91. The molecule has 3 aromatic rings. The van der Waals surface area contributed by atoms with E-state index in [0.717, 1.165) is 22.2 Å². The molecule has 0 radical (unpaired) electrons. The first-order valence-corrected chi connectivity index (χ1v) is 7.59. The average Bonchev–Trinajstić information content (AvgIpc) is 2.61. The largest absolute Gasteiger partial charge is 0.427 e. The van der Waals surface area contributed by atoms with Crippen LogP contribution in [0.5, 0.6) is 5.75 Å². The molecule has 3 rings (SSSR count). The summed E-state index contributed by atoms with van der Waals surface area (Å²) >= 11 is 0. The number of aromatic nitrogens is 1. The minimum Gasteiger partial charge on any atom is -0.427 e. The fourth-order valence-corrected chi connectivity index (χ4v) is 2.21. The zero-order valence-corrected chi connectivity index (χ0v) is 12.9. The maximum Gasteiger partial charge on any atom is 0.310 e. The molecule has 1 heterocycles. The Hall–Kier alpha value is -2.94. The summed E-state index contributed by atoms with van der Waals surface area (Å²) in [5.74, 6) is 0.339. The normalized spacial score (nSPS) is 11.0. The van der Waals surface area contributed by atoms with Crippen LogP contribution in [0, 0.1) is 0 Å². The first-order valence-electron chi connectivity index (χ1n) is 7.59. The number of ether oxygens (including phenoxy) is 1. The Kier molecular flexibility index (Phi) is 4.48. The number of benzene rings is 2. The number of hydrogen-bond donors (Lipinski definition) is 0. The number of esters is 1. The lowest BCUT2D eigenvalue weighted by Crippen LogP contribution is -2.05. The third-order valence-electron chi connectivity index (χ3n) is 3.47. The summed E-state index contributed by atoms with van der Waals surface area (Å²) in [5, 5.41) is 1.13. The number of nitrogens with zero attached hydrogens (tertiary/aromatic N) is 1. The lowest BCUT2D eigenvalue weighted by molar-refractivity contribution is -0.134. The summed E-state index contributed by atoms with van der Waals surface area (Å²) in [7, 11) is 0. The molecule has 0 amide bonds. The van der Waals surface area contributed by atoms with E-state index in [9.17, 15) is 4.79 Å². The summed E-state index contributed by atoms with van der Waals surface area (Å²) in [6.45, 7) is 1.77. The maximum atomic E-state index is 11.2. The predicted octanol–water partition coefficient (Wildman–Crippen LogP) is 4.72. The molecule has 0 N–H and O–H groups in total. The van der Waals surface area contributed by atoms with E-state index in [1.54, 1.807) is 19.1 Å². The van der Waals surface area contributed by atoms with E-state index in [1.807, 2.05) is 54.6 Å². The van der Waals surface area contributed by atoms with Gasteiger partial charge in [0.15, 0.2) is 0 Å². The molecule has 0 aliphatic rings. The third-order valence-corrected chi connectivity index (χ3v) is 3.47. The van der Waals surface area contributed by atoms with E-state index in [-0.39, 0.29) is 5.97 Å². The summed E-state index contributed by atoms with van der Waals surface area (Å²) in [4.78, 5) is 15.8. The molecule has 0 aliphatic carbocycles. The van der Waals surface area contributed by atoms with Gasteiger partial charge in [0.2, 0.25) is 0 Å². The smallest absolute Gasteiger partial charge is 0.310 e. The Labute approximate surface area is 135 Å². The van der Waals surface area contributed by atoms with Gasteiger partial charge in [-0.3, -0.25) is 4.79 Å². The number of pyridine rings is 1. The summed E-state index contributed by atoms with van der Waals surface area (Å²) in [6.07, 6.45) is 4.33. The Bertz CT molecular complexity index is 851. The number of fused-ring (bicyclic) bond motifs is 1. The van der Waals surface area contributed by atoms with Gasteiger partial charge < -0.3 is 4.74 Å². The molecule has 0 bridgehead atoms. The van der Waals surface area contributed by atoms with E-state index in [4.69, 9.17) is 4.74 Å². The maximum absolute atomic E-state index is 11.2. The van der Waals surface area contributed by atoms with Crippen molar-refractivity contribution in [2.45, 2.75) is 13.3 Å². The lowest BCUT2D eigenvalue weighted by atomic mass is 10.1. The van der Waals surface area contributed by atoms with Crippen LogP contribution in [0.15, 0.2) is 60.7 Å². The Morgan fingerprint density at radius 3 is 2.57 bits per heavy atom. The number of para-hydroxylation sites is 1. The van der Waals surface area contributed by atoms with E-state index >= 15 is 0 Å². The van der Waals surface area contributed by atoms with Crippen LogP contribution in [0.25, 0.3) is 23.1 Å². The molecule has 0 saturated heterocycles. The van der Waals surface area contributed by atoms with Crippen LogP contribution < -0.4 is 4.74 Å². The number of rotatable bonds is 4. The second kappa shape index (κ2) is 6.88. The van der Waals surface area contributed by atoms with Gasteiger partial charge in [-0.15, -0.1) is 0 Å². The standard InChI is InChI=1S/C20H17NO2/c1-2-20(22)23-18-13-8-15(9-14-18)7-11-17-12-10-16-5-3-4-6-19(16)21-17/h3-14H,2H2,1H3/b11-7+. The molecule has 3 heteroatoms. The van der Waals surface area contributed by atoms with Gasteiger partial charge in [0.05, 0.1) is 11.2 Å². The fourth-order valence-electron chi connectivity index (χ4n) is 2.21. The van der Waals surface area contributed by atoms with Crippen LogP contribution >= 0.6 is 0 Å². The van der Waals surface area contributed by atoms with Crippen LogP contribution in [-0.4, -0.2) is 11.0 Å². The van der Waals surface area contributed by atoms with Crippen molar-refractivity contribution in [3.8, 4) is 5.75 Å². The Morgan fingerprint density at radius 2 is 1.78 bits per heavy atom. The molecular formula is C20H17NO2. The highest BCUT2D eigenvalue weighted by atomic mass is 16.5. The van der Waals surface area contributed by atoms with Crippen molar-refractivity contribution in [1.82, 2.24) is 4.98 Å². The second-order valence-corrected chi connectivity index (χ2v) is 5.16. The van der Waals surface area contributed by atoms with Crippen molar-refractivity contribution < 1.29 is 9.53 Å². The quantitative estimate of drug-likeness (QED) is 0.517. The van der Waals surface area contributed by atoms with Gasteiger partial charge in [-0.25, -0.2) is 4.98 Å². The number of hydrogen-bond acceptors (Lipinski definition) is 3. The highest BCUT2D eigenvalue weighted by molar-refractivity contribution is 5.80. The molecule has 0 unspecified atom stereocenters. The van der Waals surface area contributed by atoms with Gasteiger partial charge in [-0.2, -0.15) is 0 Å². The SMILES string of the molecule is CCC(=O)Oc1ccc(/C=C/c2ccc3ccccc3n2)cc1. The molecule has 0 atom stereocenters. The highest BCUT2D eigenvalue weighted by Gasteiger charge is 2.00. The first kappa shape index (κ1) is 15.0. The zero-order chi connectivity index (χ0) is 16.1. The van der Waals surface area contributed by atoms with Gasteiger partial charge >= 0.3 is 5.97 Å². The van der Waals surface area contributed by atoms with Crippen LogP contribution in [0.2, 0.25) is 0 Å². The molecule has 114 valence electrons. The van der Waals surface area contributed by atoms with Crippen LogP contribution in [0.3, 0.4) is 0 Å². The molecule has 0 fully saturated rings. The highest BCUT2D eigenvalue weighted by Crippen LogP contribution is 2.16. The first-order chi connectivity index (χ1) is 11.2. The van der Waals surface area contributed by atoms with Gasteiger partial charge in [-0.1, -0.05) is 49.4 Å². The molecule has 1 aromatic heterocycles. The Morgan fingerprint density at radius 1 is 1.00 bits per heavy atom. The molecule has 3 nitrogen and oxygen atoms in total. The van der Waals surface area contributed by atoms with Crippen molar-refractivity contribution in [2.75, 3.05) is 0 Å². The van der Waals surface area contributed by atoms with E-state index < -0.39 is 0 Å². The van der Waals surface area contributed by atoms with Gasteiger partial charge in [0, 0.05) is 11.8 Å². The van der Waals surface area contributed by atoms with E-state index in [2.05, 4.69) is 11.1 Å². The van der Waals surface area contributed by atoms with Gasteiger partial charge in [0.25, 0.3) is 0 Å². The van der Waals surface area contributed by atoms with E-state index in [0.29, 0.717) is 12.2 Å². The minimum atomic E-state index is -0.228. The monoisotopic (exact) mass is 303 g/mol. The van der Waals surface area contributed by atoms with Gasteiger partial charge in [-0.05, 0) is 35.9 Å². The van der Waals surface area contributed by atoms with Crippen LogP contribution in [-0.2, 0) is 4.79 Å².